The molecule has 0 amide bonds. The first kappa shape index (κ1) is 10.6. The average molecular weight is 210 g/mol. The van der Waals surface area contributed by atoms with E-state index in [2.05, 4.69) is 4.98 Å². The van der Waals surface area contributed by atoms with Crippen LogP contribution >= 0.6 is 0 Å². The first-order valence-corrected chi connectivity index (χ1v) is 5.53. The molecule has 0 radical (unpaired) electrons. The first-order valence-electron chi connectivity index (χ1n) is 5.53. The third-order valence-electron chi connectivity index (χ3n) is 2.60. The maximum absolute atomic E-state index is 5.70. The Hall–Kier alpha value is -0.870. The molecule has 2 heterocycles. The van der Waals surface area contributed by atoms with Crippen LogP contribution in [0.25, 0.3) is 0 Å². The van der Waals surface area contributed by atoms with E-state index in [0.29, 0.717) is 5.92 Å². The van der Waals surface area contributed by atoms with Gasteiger partial charge in [-0.3, -0.25) is 0 Å². The molecule has 2 unspecified atom stereocenters. The molecular weight excluding hydrogens is 192 g/mol. The van der Waals surface area contributed by atoms with Crippen LogP contribution < -0.4 is 5.73 Å². The molecule has 1 fully saturated rings. The molecule has 0 aromatic carbocycles. The van der Waals surface area contributed by atoms with Crippen LogP contribution in [0.5, 0.6) is 0 Å². The van der Waals surface area contributed by atoms with Crippen LogP contribution in [0.15, 0.2) is 10.6 Å². The summed E-state index contributed by atoms with van der Waals surface area (Å²) >= 11 is 0. The SMILES string of the molecule is CC(N)Cc1cnc(C2CCCOC2)o1. The highest BCUT2D eigenvalue weighted by Crippen LogP contribution is 2.25. The molecule has 0 saturated carbocycles. The molecule has 1 aliphatic rings. The van der Waals surface area contributed by atoms with Crippen molar-refractivity contribution in [1.29, 1.82) is 0 Å². The molecule has 84 valence electrons. The quantitative estimate of drug-likeness (QED) is 0.820. The van der Waals surface area contributed by atoms with Crippen LogP contribution in [0, 0.1) is 0 Å². The van der Waals surface area contributed by atoms with Crippen molar-refractivity contribution in [3.8, 4) is 0 Å². The van der Waals surface area contributed by atoms with Crippen LogP contribution in [0.2, 0.25) is 0 Å². The van der Waals surface area contributed by atoms with E-state index in [1.807, 2.05) is 6.92 Å². The van der Waals surface area contributed by atoms with Gasteiger partial charge in [-0.25, -0.2) is 4.98 Å². The van der Waals surface area contributed by atoms with E-state index in [0.717, 1.165) is 44.1 Å². The lowest BCUT2D eigenvalue weighted by molar-refractivity contribution is 0.0721. The number of hydrogen-bond donors (Lipinski definition) is 1. The van der Waals surface area contributed by atoms with Gasteiger partial charge >= 0.3 is 0 Å². The second-order valence-electron chi connectivity index (χ2n) is 4.26. The first-order chi connectivity index (χ1) is 7.25. The summed E-state index contributed by atoms with van der Waals surface area (Å²) < 4.78 is 11.1. The smallest absolute Gasteiger partial charge is 0.199 e. The predicted octanol–water partition coefficient (Wildman–Crippen LogP) is 1.46. The van der Waals surface area contributed by atoms with E-state index >= 15 is 0 Å². The van der Waals surface area contributed by atoms with E-state index in [1.54, 1.807) is 6.20 Å². The second kappa shape index (κ2) is 4.77. The van der Waals surface area contributed by atoms with Gasteiger partial charge in [0.1, 0.15) is 5.76 Å². The minimum Gasteiger partial charge on any atom is -0.445 e. The van der Waals surface area contributed by atoms with Gasteiger partial charge in [0.2, 0.25) is 0 Å². The standard InChI is InChI=1S/C11H18N2O2/c1-8(12)5-10-6-13-11(15-10)9-3-2-4-14-7-9/h6,8-9H,2-5,7,12H2,1H3. The van der Waals surface area contributed by atoms with Crippen LogP contribution in [0.3, 0.4) is 0 Å². The minimum absolute atomic E-state index is 0.119. The fourth-order valence-corrected chi connectivity index (χ4v) is 1.86. The van der Waals surface area contributed by atoms with Crippen molar-refractivity contribution in [2.45, 2.75) is 38.1 Å². The Morgan fingerprint density at radius 1 is 1.67 bits per heavy atom. The number of aromatic nitrogens is 1. The highest BCUT2D eigenvalue weighted by molar-refractivity contribution is 5.01. The third-order valence-corrected chi connectivity index (χ3v) is 2.60. The average Bonchev–Trinajstić information content (AvgIpc) is 2.67. The number of rotatable bonds is 3. The predicted molar refractivity (Wildman–Crippen MR) is 56.7 cm³/mol. The molecule has 4 nitrogen and oxygen atoms in total. The molecule has 1 aliphatic heterocycles. The van der Waals surface area contributed by atoms with Crippen molar-refractivity contribution in [3.63, 3.8) is 0 Å². The fraction of sp³-hybridized carbons (Fsp3) is 0.727. The summed E-state index contributed by atoms with van der Waals surface area (Å²) in [5.41, 5.74) is 5.70. The zero-order valence-electron chi connectivity index (χ0n) is 9.11. The molecule has 0 spiro atoms. The van der Waals surface area contributed by atoms with Crippen molar-refractivity contribution >= 4 is 0 Å². The van der Waals surface area contributed by atoms with Gasteiger partial charge < -0.3 is 14.9 Å². The molecule has 2 N–H and O–H groups in total. The molecule has 1 aromatic rings. The molecule has 2 atom stereocenters. The summed E-state index contributed by atoms with van der Waals surface area (Å²) in [6.45, 7) is 3.56. The number of nitrogens with two attached hydrogens (primary N) is 1. The molecular formula is C11H18N2O2. The Morgan fingerprint density at radius 3 is 3.20 bits per heavy atom. The Morgan fingerprint density at radius 2 is 2.53 bits per heavy atom. The Labute approximate surface area is 89.8 Å². The summed E-state index contributed by atoms with van der Waals surface area (Å²) in [6.07, 6.45) is 4.74. The normalized spacial score (nSPS) is 24.0. The van der Waals surface area contributed by atoms with Crippen molar-refractivity contribution in [1.82, 2.24) is 4.98 Å². The van der Waals surface area contributed by atoms with Gasteiger partial charge in [0.05, 0.1) is 18.7 Å². The van der Waals surface area contributed by atoms with Gasteiger partial charge in [-0.1, -0.05) is 0 Å². The van der Waals surface area contributed by atoms with Gasteiger partial charge in [0.15, 0.2) is 5.89 Å². The summed E-state index contributed by atoms with van der Waals surface area (Å²) in [5.74, 6) is 2.02. The zero-order valence-corrected chi connectivity index (χ0v) is 9.11. The van der Waals surface area contributed by atoms with Gasteiger partial charge in [-0.05, 0) is 19.8 Å². The number of ether oxygens (including phenoxy) is 1. The lowest BCUT2D eigenvalue weighted by Gasteiger charge is -2.18. The molecule has 4 heteroatoms. The maximum atomic E-state index is 5.70. The van der Waals surface area contributed by atoms with Crippen LogP contribution in [0.4, 0.5) is 0 Å². The second-order valence-corrected chi connectivity index (χ2v) is 4.26. The largest absolute Gasteiger partial charge is 0.445 e. The highest BCUT2D eigenvalue weighted by Gasteiger charge is 2.20. The lowest BCUT2D eigenvalue weighted by Crippen LogP contribution is -2.17. The molecule has 1 saturated heterocycles. The van der Waals surface area contributed by atoms with Gasteiger partial charge in [0.25, 0.3) is 0 Å². The topological polar surface area (TPSA) is 61.3 Å². The van der Waals surface area contributed by atoms with Gasteiger partial charge in [0, 0.05) is 19.1 Å². The van der Waals surface area contributed by atoms with E-state index in [-0.39, 0.29) is 6.04 Å². The van der Waals surface area contributed by atoms with Crippen LogP contribution in [0.1, 0.15) is 37.3 Å². The summed E-state index contributed by atoms with van der Waals surface area (Å²) in [6, 6.07) is 0.119. The van der Waals surface area contributed by atoms with Crippen molar-refractivity contribution in [3.05, 3.63) is 17.8 Å². The van der Waals surface area contributed by atoms with Crippen LogP contribution in [-0.2, 0) is 11.2 Å². The molecule has 15 heavy (non-hydrogen) atoms. The van der Waals surface area contributed by atoms with Gasteiger partial charge in [-0.2, -0.15) is 0 Å². The maximum Gasteiger partial charge on any atom is 0.199 e. The Bertz CT molecular complexity index is 303. The summed E-state index contributed by atoms with van der Waals surface area (Å²) in [5, 5.41) is 0. The molecule has 1 aromatic heterocycles. The molecule has 2 rings (SSSR count). The van der Waals surface area contributed by atoms with Crippen molar-refractivity contribution < 1.29 is 9.15 Å². The number of hydrogen-bond acceptors (Lipinski definition) is 4. The Balaban J connectivity index is 1.99. The van der Waals surface area contributed by atoms with E-state index in [1.165, 1.54) is 0 Å². The molecule has 0 aliphatic carbocycles. The summed E-state index contributed by atoms with van der Waals surface area (Å²) in [4.78, 5) is 4.29. The fourth-order valence-electron chi connectivity index (χ4n) is 1.86. The Kier molecular flexibility index (Phi) is 3.38. The van der Waals surface area contributed by atoms with Crippen molar-refractivity contribution in [2.24, 2.45) is 5.73 Å². The van der Waals surface area contributed by atoms with Crippen LogP contribution in [-0.4, -0.2) is 24.2 Å². The molecule has 0 bridgehead atoms. The zero-order chi connectivity index (χ0) is 10.7. The summed E-state index contributed by atoms with van der Waals surface area (Å²) in [7, 11) is 0. The highest BCUT2D eigenvalue weighted by atomic mass is 16.5. The minimum atomic E-state index is 0.119. The van der Waals surface area contributed by atoms with E-state index in [4.69, 9.17) is 14.9 Å². The van der Waals surface area contributed by atoms with Crippen molar-refractivity contribution in [2.75, 3.05) is 13.2 Å². The monoisotopic (exact) mass is 210 g/mol. The van der Waals surface area contributed by atoms with E-state index < -0.39 is 0 Å². The lowest BCUT2D eigenvalue weighted by atomic mass is 10.0. The third kappa shape index (κ3) is 2.79. The van der Waals surface area contributed by atoms with Gasteiger partial charge in [-0.15, -0.1) is 0 Å². The number of oxazole rings is 1. The number of nitrogens with zero attached hydrogens (tertiary/aromatic N) is 1. The van der Waals surface area contributed by atoms with E-state index in [9.17, 15) is 0 Å².